The summed E-state index contributed by atoms with van der Waals surface area (Å²) in [5.41, 5.74) is 1.51. The van der Waals surface area contributed by atoms with E-state index in [-0.39, 0.29) is 12.5 Å². The Morgan fingerprint density at radius 3 is 2.73 bits per heavy atom. The molecule has 3 rings (SSSR count). The van der Waals surface area contributed by atoms with Crippen LogP contribution >= 0.6 is 0 Å². The highest BCUT2D eigenvalue weighted by atomic mass is 32.3. The van der Waals surface area contributed by atoms with E-state index in [2.05, 4.69) is 9.60 Å². The monoisotopic (exact) mass is 384 g/mol. The van der Waals surface area contributed by atoms with Crippen molar-refractivity contribution in [3.63, 3.8) is 0 Å². The van der Waals surface area contributed by atoms with E-state index in [1.165, 1.54) is 4.90 Å². The number of fused-ring (bicyclic) bond motifs is 2. The van der Waals surface area contributed by atoms with Gasteiger partial charge in [0.2, 0.25) is 5.91 Å². The Morgan fingerprint density at radius 1 is 1.35 bits per heavy atom. The summed E-state index contributed by atoms with van der Waals surface area (Å²) in [6.07, 6.45) is 0.745. The lowest BCUT2D eigenvalue weighted by atomic mass is 10.0. The summed E-state index contributed by atoms with van der Waals surface area (Å²) in [5.74, 6) is -0.360. The molecule has 11 heteroatoms. The molecule has 142 valence electrons. The molecule has 3 amide bonds. The first-order valence-corrected chi connectivity index (χ1v) is 9.37. The molecule has 10 nitrogen and oxygen atoms in total. The molecule has 0 radical (unpaired) electrons. The van der Waals surface area contributed by atoms with Crippen molar-refractivity contribution in [2.24, 2.45) is 0 Å². The fourth-order valence-corrected chi connectivity index (χ4v) is 3.58. The highest BCUT2D eigenvalue weighted by molar-refractivity contribution is 7.80. The summed E-state index contributed by atoms with van der Waals surface area (Å²) < 4.78 is 35.0. The molecule has 26 heavy (non-hydrogen) atoms. The normalized spacial score (nSPS) is 22.5. The van der Waals surface area contributed by atoms with Crippen LogP contribution in [0.2, 0.25) is 0 Å². The number of hydroxylamine groups is 2. The number of nitrogens with one attached hydrogen (secondary N) is 1. The molecule has 2 saturated heterocycles. The number of urea groups is 1. The van der Waals surface area contributed by atoms with Crippen LogP contribution in [0.5, 0.6) is 0 Å². The van der Waals surface area contributed by atoms with Crippen LogP contribution in [0.25, 0.3) is 0 Å². The summed E-state index contributed by atoms with van der Waals surface area (Å²) in [5, 5.41) is 3.41. The number of hydrogen-bond donors (Lipinski definition) is 2. The third-order valence-electron chi connectivity index (χ3n) is 4.43. The standard InChI is InChI=1S/C15H20N4O6S/c1-17(2)11-5-3-4-10(8-11)16-14(20)13-7-6-12-9-18(13)15(21)19(12)25-26(22,23)24/h3-5,8,12-13H,6-7,9H2,1-2H3,(H,16,20)(H,22,23,24). The van der Waals surface area contributed by atoms with Gasteiger partial charge in [-0.25, -0.2) is 4.79 Å². The molecule has 2 unspecified atom stereocenters. The van der Waals surface area contributed by atoms with E-state index in [0.717, 1.165) is 5.69 Å². The van der Waals surface area contributed by atoms with Gasteiger partial charge in [-0.3, -0.25) is 9.35 Å². The van der Waals surface area contributed by atoms with E-state index in [1.54, 1.807) is 6.07 Å². The molecule has 2 atom stereocenters. The number of rotatable bonds is 5. The number of hydrogen-bond acceptors (Lipinski definition) is 6. The van der Waals surface area contributed by atoms with Crippen molar-refractivity contribution in [3.8, 4) is 0 Å². The summed E-state index contributed by atoms with van der Waals surface area (Å²) in [4.78, 5) is 28.1. The van der Waals surface area contributed by atoms with Crippen molar-refractivity contribution in [1.29, 1.82) is 0 Å². The number of piperidine rings is 1. The van der Waals surface area contributed by atoms with Crippen LogP contribution in [-0.2, 0) is 19.5 Å². The Labute approximate surface area is 151 Å². The van der Waals surface area contributed by atoms with Gasteiger partial charge in [-0.1, -0.05) is 6.07 Å². The molecular weight excluding hydrogens is 364 g/mol. The first-order chi connectivity index (χ1) is 12.2. The second-order valence-corrected chi connectivity index (χ2v) is 7.45. The van der Waals surface area contributed by atoms with Gasteiger partial charge in [-0.05, 0) is 31.0 Å². The molecule has 2 aliphatic rings. The summed E-state index contributed by atoms with van der Waals surface area (Å²) >= 11 is 0. The third-order valence-corrected chi connectivity index (χ3v) is 4.78. The van der Waals surface area contributed by atoms with Crippen molar-refractivity contribution >= 4 is 33.7 Å². The van der Waals surface area contributed by atoms with Gasteiger partial charge < -0.3 is 15.1 Å². The van der Waals surface area contributed by atoms with Crippen molar-refractivity contribution < 1.29 is 26.8 Å². The van der Waals surface area contributed by atoms with E-state index in [9.17, 15) is 18.0 Å². The van der Waals surface area contributed by atoms with E-state index in [1.807, 2.05) is 37.2 Å². The van der Waals surface area contributed by atoms with Crippen LogP contribution < -0.4 is 10.2 Å². The van der Waals surface area contributed by atoms with Gasteiger partial charge in [-0.2, -0.15) is 13.5 Å². The van der Waals surface area contributed by atoms with E-state index < -0.39 is 28.5 Å². The minimum Gasteiger partial charge on any atom is -0.378 e. The van der Waals surface area contributed by atoms with E-state index in [0.29, 0.717) is 23.6 Å². The van der Waals surface area contributed by atoms with Crippen LogP contribution in [0.3, 0.4) is 0 Å². The Kier molecular flexibility index (Phi) is 4.78. The van der Waals surface area contributed by atoms with Crippen LogP contribution in [-0.4, -0.2) is 67.6 Å². The Bertz CT molecular complexity index is 827. The fourth-order valence-electron chi connectivity index (χ4n) is 3.19. The number of carbonyl (C=O) groups excluding carboxylic acids is 2. The predicted octanol–water partition coefficient (Wildman–Crippen LogP) is 0.694. The largest absolute Gasteiger partial charge is 0.418 e. The summed E-state index contributed by atoms with van der Waals surface area (Å²) in [7, 11) is -1.04. The van der Waals surface area contributed by atoms with Crippen LogP contribution in [0.1, 0.15) is 12.8 Å². The molecule has 0 spiro atoms. The number of carbonyl (C=O) groups is 2. The molecular formula is C15H20N4O6S. The van der Waals surface area contributed by atoms with E-state index in [4.69, 9.17) is 4.55 Å². The maximum absolute atomic E-state index is 12.6. The van der Waals surface area contributed by atoms with Gasteiger partial charge >= 0.3 is 16.4 Å². The maximum Gasteiger partial charge on any atom is 0.418 e. The van der Waals surface area contributed by atoms with Gasteiger partial charge in [0.25, 0.3) is 0 Å². The van der Waals surface area contributed by atoms with E-state index >= 15 is 0 Å². The van der Waals surface area contributed by atoms with Crippen molar-refractivity contribution in [2.45, 2.75) is 24.9 Å². The minimum atomic E-state index is -4.81. The molecule has 0 aromatic heterocycles. The molecule has 2 N–H and O–H groups in total. The summed E-state index contributed by atoms with van der Waals surface area (Å²) in [6.45, 7) is 0.157. The Balaban J connectivity index is 1.72. The van der Waals surface area contributed by atoms with Crippen molar-refractivity contribution in [2.75, 3.05) is 30.9 Å². The number of anilines is 2. The molecule has 0 saturated carbocycles. The topological polar surface area (TPSA) is 119 Å². The molecule has 2 fully saturated rings. The Hall–Kier alpha value is -2.37. The molecule has 2 bridgehead atoms. The number of amides is 3. The number of benzene rings is 1. The highest BCUT2D eigenvalue weighted by Crippen LogP contribution is 2.31. The zero-order valence-electron chi connectivity index (χ0n) is 14.3. The van der Waals surface area contributed by atoms with Gasteiger partial charge in [0.1, 0.15) is 6.04 Å². The SMILES string of the molecule is CN(C)c1cccc(NC(=O)C2CCC3CN2C(=O)N3OS(=O)(=O)O)c1. The third kappa shape index (κ3) is 3.74. The minimum absolute atomic E-state index is 0.157. The highest BCUT2D eigenvalue weighted by Gasteiger charge is 2.49. The number of nitrogens with zero attached hydrogens (tertiary/aromatic N) is 3. The lowest BCUT2D eigenvalue weighted by Gasteiger charge is -2.29. The zero-order chi connectivity index (χ0) is 19.1. The van der Waals surface area contributed by atoms with Gasteiger partial charge in [-0.15, -0.1) is 4.28 Å². The van der Waals surface area contributed by atoms with Crippen LogP contribution in [0.4, 0.5) is 16.2 Å². The average molecular weight is 384 g/mol. The second-order valence-electron chi connectivity index (χ2n) is 6.44. The van der Waals surface area contributed by atoms with Gasteiger partial charge in [0.05, 0.1) is 6.04 Å². The second kappa shape index (κ2) is 6.74. The lowest BCUT2D eigenvalue weighted by Crippen LogP contribution is -2.47. The summed E-state index contributed by atoms with van der Waals surface area (Å²) in [6, 6.07) is 5.24. The Morgan fingerprint density at radius 2 is 2.08 bits per heavy atom. The first-order valence-electron chi connectivity index (χ1n) is 8.01. The smallest absolute Gasteiger partial charge is 0.378 e. The van der Waals surface area contributed by atoms with Crippen LogP contribution in [0, 0.1) is 0 Å². The molecule has 1 aromatic rings. The molecule has 0 aliphatic carbocycles. The van der Waals surface area contributed by atoms with Crippen molar-refractivity contribution in [3.05, 3.63) is 24.3 Å². The molecule has 1 aromatic carbocycles. The first kappa shape index (κ1) is 18.4. The maximum atomic E-state index is 12.6. The zero-order valence-corrected chi connectivity index (χ0v) is 15.1. The molecule has 2 heterocycles. The quantitative estimate of drug-likeness (QED) is 0.717. The predicted molar refractivity (Wildman–Crippen MR) is 92.8 cm³/mol. The van der Waals surface area contributed by atoms with Gasteiger partial charge in [0, 0.05) is 32.0 Å². The molecule has 2 aliphatic heterocycles. The van der Waals surface area contributed by atoms with Crippen LogP contribution in [0.15, 0.2) is 24.3 Å². The van der Waals surface area contributed by atoms with Gasteiger partial charge in [0.15, 0.2) is 0 Å². The average Bonchev–Trinajstić information content (AvgIpc) is 2.78. The van der Waals surface area contributed by atoms with Crippen molar-refractivity contribution in [1.82, 2.24) is 9.96 Å². The fraction of sp³-hybridized carbons (Fsp3) is 0.467. The lowest BCUT2D eigenvalue weighted by molar-refractivity contribution is -0.120.